The molecule has 0 unspecified atom stereocenters. The molecule has 0 radical (unpaired) electrons. The van der Waals surface area contributed by atoms with Crippen LogP contribution in [0.2, 0.25) is 0 Å². The summed E-state index contributed by atoms with van der Waals surface area (Å²) in [5.74, 6) is 0. The second-order valence-electron chi connectivity index (χ2n) is 6.63. The largest absolute Gasteiger partial charge is 0.336 e. The number of nitrogens with zero attached hydrogens (tertiary/aromatic N) is 4. The number of aromatic nitrogens is 3. The van der Waals surface area contributed by atoms with Crippen molar-refractivity contribution in [1.29, 1.82) is 0 Å². The summed E-state index contributed by atoms with van der Waals surface area (Å²) in [6.07, 6.45) is 4.42. The third kappa shape index (κ3) is 3.96. The van der Waals surface area contributed by atoms with Crippen LogP contribution in [0.1, 0.15) is 25.7 Å². The second kappa shape index (κ2) is 7.58. The van der Waals surface area contributed by atoms with Crippen LogP contribution in [0.4, 0.5) is 4.79 Å². The van der Waals surface area contributed by atoms with Crippen LogP contribution in [0.5, 0.6) is 0 Å². The number of carbonyl (C=O) groups is 1. The Balaban J connectivity index is 1.61. The number of nitrogens with one attached hydrogen (secondary N) is 2. The average molecular weight is 380 g/mol. The molecule has 0 bridgehead atoms. The van der Waals surface area contributed by atoms with E-state index in [1.165, 1.54) is 39.1 Å². The fourth-order valence-electron chi connectivity index (χ4n) is 3.07. The van der Waals surface area contributed by atoms with E-state index >= 15 is 0 Å². The molecular weight excluding hydrogens is 356 g/mol. The molecule has 9 nitrogen and oxygen atoms in total. The summed E-state index contributed by atoms with van der Waals surface area (Å²) >= 11 is 0. The lowest BCUT2D eigenvalue weighted by molar-refractivity contribution is 0.236. The Kier molecular flexibility index (Phi) is 5.42. The minimum Gasteiger partial charge on any atom is -0.336 e. The number of hydrogen-bond acceptors (Lipinski definition) is 5. The van der Waals surface area contributed by atoms with Gasteiger partial charge in [-0.15, -0.1) is 5.10 Å². The first-order valence-electron chi connectivity index (χ1n) is 8.68. The zero-order valence-electron chi connectivity index (χ0n) is 15.0. The minimum atomic E-state index is -3.51. The molecule has 1 aliphatic carbocycles. The number of benzene rings is 1. The van der Waals surface area contributed by atoms with Crippen LogP contribution in [0.15, 0.2) is 23.1 Å². The van der Waals surface area contributed by atoms with Gasteiger partial charge in [0.1, 0.15) is 5.52 Å². The van der Waals surface area contributed by atoms with Gasteiger partial charge in [-0.05, 0) is 31.0 Å². The Morgan fingerprint density at radius 3 is 2.73 bits per heavy atom. The lowest BCUT2D eigenvalue weighted by Crippen LogP contribution is -2.42. The fraction of sp³-hybridized carbons (Fsp3) is 0.562. The van der Waals surface area contributed by atoms with Gasteiger partial charge >= 0.3 is 6.03 Å². The molecule has 0 aliphatic heterocycles. The van der Waals surface area contributed by atoms with Gasteiger partial charge in [0.05, 0.1) is 17.0 Å². The zero-order chi connectivity index (χ0) is 18.7. The van der Waals surface area contributed by atoms with Crippen molar-refractivity contribution in [3.05, 3.63) is 18.2 Å². The van der Waals surface area contributed by atoms with Crippen LogP contribution in [0.3, 0.4) is 0 Å². The molecule has 1 aliphatic rings. The Labute approximate surface area is 152 Å². The lowest BCUT2D eigenvalue weighted by Gasteiger charge is -2.13. The zero-order valence-corrected chi connectivity index (χ0v) is 15.8. The predicted octanol–water partition coefficient (Wildman–Crippen LogP) is 0.923. The highest BCUT2D eigenvalue weighted by Crippen LogP contribution is 2.19. The number of rotatable bonds is 6. The summed E-state index contributed by atoms with van der Waals surface area (Å²) in [5.41, 5.74) is 1.23. The SMILES string of the molecule is CN(C)S(=O)(=O)c1ccc2c(c1)nnn2CCNC(=O)NC1CCCC1. The summed E-state index contributed by atoms with van der Waals surface area (Å²) < 4.78 is 27.2. The van der Waals surface area contributed by atoms with Crippen LogP contribution < -0.4 is 10.6 Å². The van der Waals surface area contributed by atoms with E-state index in [0.29, 0.717) is 18.6 Å². The number of hydrogen-bond donors (Lipinski definition) is 2. The van der Waals surface area contributed by atoms with Crippen molar-refractivity contribution in [2.45, 2.75) is 43.2 Å². The molecule has 1 saturated carbocycles. The first-order valence-corrected chi connectivity index (χ1v) is 10.1. The van der Waals surface area contributed by atoms with E-state index in [1.807, 2.05) is 0 Å². The maximum absolute atomic E-state index is 12.2. The summed E-state index contributed by atoms with van der Waals surface area (Å²) in [7, 11) is -0.538. The second-order valence-corrected chi connectivity index (χ2v) is 8.78. The number of fused-ring (bicyclic) bond motifs is 1. The minimum absolute atomic E-state index is 0.166. The number of urea groups is 1. The molecule has 1 heterocycles. The lowest BCUT2D eigenvalue weighted by atomic mass is 10.2. The topological polar surface area (TPSA) is 109 Å². The van der Waals surface area contributed by atoms with Gasteiger partial charge in [-0.1, -0.05) is 18.1 Å². The van der Waals surface area contributed by atoms with E-state index in [0.717, 1.165) is 22.7 Å². The molecule has 2 amide bonds. The van der Waals surface area contributed by atoms with Crippen LogP contribution in [0.25, 0.3) is 11.0 Å². The molecule has 26 heavy (non-hydrogen) atoms. The maximum atomic E-state index is 12.2. The summed E-state index contributed by atoms with van der Waals surface area (Å²) in [6, 6.07) is 4.84. The van der Waals surface area contributed by atoms with Crippen LogP contribution in [-0.4, -0.2) is 60.4 Å². The molecule has 1 aromatic carbocycles. The van der Waals surface area contributed by atoms with Gasteiger partial charge in [-0.2, -0.15) is 0 Å². The van der Waals surface area contributed by atoms with Crippen molar-refractivity contribution in [2.75, 3.05) is 20.6 Å². The molecule has 0 atom stereocenters. The first kappa shape index (κ1) is 18.6. The van der Waals surface area contributed by atoms with E-state index in [1.54, 1.807) is 10.7 Å². The highest BCUT2D eigenvalue weighted by Gasteiger charge is 2.19. The monoisotopic (exact) mass is 380 g/mol. The third-order valence-electron chi connectivity index (χ3n) is 4.56. The van der Waals surface area contributed by atoms with Crippen molar-refractivity contribution < 1.29 is 13.2 Å². The van der Waals surface area contributed by atoms with Gasteiger partial charge in [0.15, 0.2) is 0 Å². The fourth-order valence-corrected chi connectivity index (χ4v) is 3.99. The Bertz CT molecular complexity index is 887. The third-order valence-corrected chi connectivity index (χ3v) is 6.37. The van der Waals surface area contributed by atoms with Crippen LogP contribution in [-0.2, 0) is 16.6 Å². The van der Waals surface area contributed by atoms with Gasteiger partial charge in [0.25, 0.3) is 0 Å². The van der Waals surface area contributed by atoms with Crippen LogP contribution in [0, 0.1) is 0 Å². The molecule has 0 spiro atoms. The molecule has 1 aromatic heterocycles. The molecule has 10 heteroatoms. The molecule has 3 rings (SSSR count). The molecule has 2 N–H and O–H groups in total. The van der Waals surface area contributed by atoms with Gasteiger partial charge in [-0.25, -0.2) is 22.2 Å². The molecule has 1 fully saturated rings. The van der Waals surface area contributed by atoms with E-state index in [-0.39, 0.29) is 17.0 Å². The average Bonchev–Trinajstić information content (AvgIpc) is 3.24. The maximum Gasteiger partial charge on any atom is 0.315 e. The summed E-state index contributed by atoms with van der Waals surface area (Å²) in [4.78, 5) is 12.0. The smallest absolute Gasteiger partial charge is 0.315 e. The molecule has 142 valence electrons. The van der Waals surface area contributed by atoms with E-state index < -0.39 is 10.0 Å². The summed E-state index contributed by atoms with van der Waals surface area (Å²) in [6.45, 7) is 0.864. The number of amides is 2. The molecule has 2 aromatic rings. The van der Waals surface area contributed by atoms with Crippen molar-refractivity contribution in [3.63, 3.8) is 0 Å². The van der Waals surface area contributed by atoms with E-state index in [9.17, 15) is 13.2 Å². The highest BCUT2D eigenvalue weighted by atomic mass is 32.2. The van der Waals surface area contributed by atoms with Gasteiger partial charge in [-0.3, -0.25) is 0 Å². The molecule has 0 saturated heterocycles. The van der Waals surface area contributed by atoms with Crippen LogP contribution >= 0.6 is 0 Å². The van der Waals surface area contributed by atoms with Crippen molar-refractivity contribution >= 4 is 27.1 Å². The Hall–Kier alpha value is -2.20. The van der Waals surface area contributed by atoms with Gasteiger partial charge in [0, 0.05) is 26.7 Å². The normalized spacial score (nSPS) is 15.7. The Morgan fingerprint density at radius 2 is 2.04 bits per heavy atom. The van der Waals surface area contributed by atoms with Gasteiger partial charge in [0.2, 0.25) is 10.0 Å². The first-order chi connectivity index (χ1) is 12.4. The number of sulfonamides is 1. The standard InChI is InChI=1S/C16H24N6O3S/c1-21(2)26(24,25)13-7-8-15-14(11-13)19-20-22(15)10-9-17-16(23)18-12-5-3-4-6-12/h7-8,11-12H,3-6,9-10H2,1-2H3,(H2,17,18,23). The quantitative estimate of drug-likeness (QED) is 0.775. The van der Waals surface area contributed by atoms with E-state index in [4.69, 9.17) is 0 Å². The van der Waals surface area contributed by atoms with E-state index in [2.05, 4.69) is 20.9 Å². The van der Waals surface area contributed by atoms with Crippen molar-refractivity contribution in [3.8, 4) is 0 Å². The Morgan fingerprint density at radius 1 is 1.31 bits per heavy atom. The highest BCUT2D eigenvalue weighted by molar-refractivity contribution is 7.89. The number of carbonyl (C=O) groups excluding carboxylic acids is 1. The van der Waals surface area contributed by atoms with Crippen molar-refractivity contribution in [1.82, 2.24) is 29.9 Å². The van der Waals surface area contributed by atoms with Gasteiger partial charge < -0.3 is 10.6 Å². The summed E-state index contributed by atoms with van der Waals surface area (Å²) in [5, 5.41) is 13.9. The molecular formula is C16H24N6O3S. The van der Waals surface area contributed by atoms with Crippen molar-refractivity contribution in [2.24, 2.45) is 0 Å². The predicted molar refractivity (Wildman–Crippen MR) is 97.2 cm³/mol.